The Labute approximate surface area is 160 Å². The molecule has 0 aliphatic heterocycles. The zero-order chi connectivity index (χ0) is 19.4. The van der Waals surface area contributed by atoms with Crippen LogP contribution in [0.4, 0.5) is 5.69 Å². The fourth-order valence-electron chi connectivity index (χ4n) is 2.41. The van der Waals surface area contributed by atoms with Crippen LogP contribution in [0.3, 0.4) is 0 Å². The van der Waals surface area contributed by atoms with E-state index in [0.29, 0.717) is 21.9 Å². The van der Waals surface area contributed by atoms with E-state index in [1.165, 1.54) is 23.0 Å². The number of non-ortho nitro benzene ring substituents is 1. The normalized spacial score (nSPS) is 11.2. The maximum atomic E-state index is 10.9. The van der Waals surface area contributed by atoms with E-state index in [-0.39, 0.29) is 11.8 Å². The Balaban J connectivity index is 1.95. The van der Waals surface area contributed by atoms with Gasteiger partial charge < -0.3 is 4.74 Å². The summed E-state index contributed by atoms with van der Waals surface area (Å²) in [6.45, 7) is 3.90. The smallest absolute Gasteiger partial charge is 0.270 e. The fraction of sp³-hybridized carbons (Fsp3) is 0.167. The van der Waals surface area contributed by atoms with Crippen molar-refractivity contribution in [2.24, 2.45) is 5.10 Å². The Hall–Kier alpha value is -3.33. The average Bonchev–Trinajstić information content (AvgIpc) is 3.00. The Morgan fingerprint density at radius 3 is 2.81 bits per heavy atom. The number of rotatable bonds is 6. The molecule has 1 N–H and O–H groups in total. The highest BCUT2D eigenvalue weighted by Crippen LogP contribution is 2.23. The van der Waals surface area contributed by atoms with Crippen LogP contribution in [-0.2, 0) is 0 Å². The SMILES string of the molecule is CC(C)Oc1cccc(-c2n[nH]c(=S)n2/N=C\c2cccc([N+](=O)[O-])c2)c1. The minimum atomic E-state index is -0.452. The van der Waals surface area contributed by atoms with Crippen molar-refractivity contribution in [3.8, 4) is 17.1 Å². The standard InChI is InChI=1S/C18H17N5O3S/c1-12(2)26-16-8-4-6-14(10-16)17-20-21-18(27)22(17)19-11-13-5-3-7-15(9-13)23(24)25/h3-12H,1-2H3,(H,21,27)/b19-11-. The second-order valence-corrected chi connectivity index (χ2v) is 6.34. The second kappa shape index (κ2) is 7.92. The topological polar surface area (TPSA) is 98.3 Å². The van der Waals surface area contributed by atoms with Crippen molar-refractivity contribution in [2.75, 3.05) is 0 Å². The van der Waals surface area contributed by atoms with E-state index in [2.05, 4.69) is 15.3 Å². The van der Waals surface area contributed by atoms with E-state index in [0.717, 1.165) is 5.56 Å². The predicted molar refractivity (Wildman–Crippen MR) is 105 cm³/mol. The van der Waals surface area contributed by atoms with Gasteiger partial charge in [-0.1, -0.05) is 24.3 Å². The molecule has 8 nitrogen and oxygen atoms in total. The molecule has 0 aliphatic carbocycles. The molecule has 3 rings (SSSR count). The lowest BCUT2D eigenvalue weighted by atomic mass is 10.2. The monoisotopic (exact) mass is 383 g/mol. The summed E-state index contributed by atoms with van der Waals surface area (Å²) < 4.78 is 7.48. The van der Waals surface area contributed by atoms with E-state index in [1.807, 2.05) is 38.1 Å². The van der Waals surface area contributed by atoms with Crippen LogP contribution < -0.4 is 4.74 Å². The first kappa shape index (κ1) is 18.5. The number of nitro groups is 1. The lowest BCUT2D eigenvalue weighted by Crippen LogP contribution is -2.05. The number of aromatic nitrogens is 3. The van der Waals surface area contributed by atoms with Gasteiger partial charge in [0.05, 0.1) is 17.2 Å². The Kier molecular flexibility index (Phi) is 5.41. The summed E-state index contributed by atoms with van der Waals surface area (Å²) in [6.07, 6.45) is 1.55. The highest BCUT2D eigenvalue weighted by atomic mass is 32.1. The molecular weight excluding hydrogens is 366 g/mol. The lowest BCUT2D eigenvalue weighted by molar-refractivity contribution is -0.384. The third kappa shape index (κ3) is 4.45. The summed E-state index contributed by atoms with van der Waals surface area (Å²) in [5.74, 6) is 1.22. The lowest BCUT2D eigenvalue weighted by Gasteiger charge is -2.10. The van der Waals surface area contributed by atoms with Crippen molar-refractivity contribution < 1.29 is 9.66 Å². The van der Waals surface area contributed by atoms with Crippen molar-refractivity contribution in [3.63, 3.8) is 0 Å². The largest absolute Gasteiger partial charge is 0.491 e. The Morgan fingerprint density at radius 2 is 2.07 bits per heavy atom. The summed E-state index contributed by atoms with van der Waals surface area (Å²) in [7, 11) is 0. The van der Waals surface area contributed by atoms with Crippen molar-refractivity contribution in [3.05, 3.63) is 69.0 Å². The first-order valence-corrected chi connectivity index (χ1v) is 8.58. The van der Waals surface area contributed by atoms with Crippen LogP contribution in [0.15, 0.2) is 53.6 Å². The molecule has 27 heavy (non-hydrogen) atoms. The molecule has 138 valence electrons. The van der Waals surface area contributed by atoms with Crippen LogP contribution >= 0.6 is 12.2 Å². The van der Waals surface area contributed by atoms with Gasteiger partial charge in [0.2, 0.25) is 4.77 Å². The third-order valence-corrected chi connectivity index (χ3v) is 3.78. The molecule has 0 spiro atoms. The first-order chi connectivity index (χ1) is 12.9. The van der Waals surface area contributed by atoms with Gasteiger partial charge in [0.1, 0.15) is 5.75 Å². The molecule has 3 aromatic rings. The van der Waals surface area contributed by atoms with Crippen LogP contribution in [0.25, 0.3) is 11.4 Å². The first-order valence-electron chi connectivity index (χ1n) is 8.17. The number of aromatic amines is 1. The molecule has 2 aromatic carbocycles. The molecule has 0 saturated carbocycles. The minimum Gasteiger partial charge on any atom is -0.491 e. The van der Waals surface area contributed by atoms with Gasteiger partial charge in [-0.05, 0) is 38.2 Å². The van der Waals surface area contributed by atoms with Crippen molar-refractivity contribution in [1.82, 2.24) is 14.9 Å². The number of nitro benzene ring substituents is 1. The molecule has 0 fully saturated rings. The highest BCUT2D eigenvalue weighted by molar-refractivity contribution is 7.71. The summed E-state index contributed by atoms with van der Waals surface area (Å²) in [4.78, 5) is 10.4. The Bertz CT molecular complexity index is 1050. The zero-order valence-corrected chi connectivity index (χ0v) is 15.5. The van der Waals surface area contributed by atoms with Crippen molar-refractivity contribution >= 4 is 24.1 Å². The van der Waals surface area contributed by atoms with Crippen molar-refractivity contribution in [2.45, 2.75) is 20.0 Å². The molecule has 9 heteroatoms. The van der Waals surface area contributed by atoms with Gasteiger partial charge in [-0.3, -0.25) is 10.1 Å². The Morgan fingerprint density at radius 1 is 1.30 bits per heavy atom. The van der Waals surface area contributed by atoms with E-state index in [4.69, 9.17) is 17.0 Å². The number of H-pyrrole nitrogens is 1. The predicted octanol–water partition coefficient (Wildman–Crippen LogP) is 4.19. The van der Waals surface area contributed by atoms with Gasteiger partial charge in [0, 0.05) is 23.3 Å². The van der Waals surface area contributed by atoms with Gasteiger partial charge in [-0.15, -0.1) is 0 Å². The molecule has 0 unspecified atom stereocenters. The van der Waals surface area contributed by atoms with E-state index >= 15 is 0 Å². The van der Waals surface area contributed by atoms with Crippen LogP contribution in [0.5, 0.6) is 5.75 Å². The molecule has 0 aliphatic rings. The molecule has 0 bridgehead atoms. The number of nitrogens with zero attached hydrogens (tertiary/aromatic N) is 4. The third-order valence-electron chi connectivity index (χ3n) is 3.52. The fourth-order valence-corrected chi connectivity index (χ4v) is 2.59. The molecule has 1 heterocycles. The number of ether oxygens (including phenoxy) is 1. The maximum Gasteiger partial charge on any atom is 0.270 e. The van der Waals surface area contributed by atoms with E-state index < -0.39 is 4.92 Å². The van der Waals surface area contributed by atoms with Crippen LogP contribution in [0, 0.1) is 14.9 Å². The van der Waals surface area contributed by atoms with Crippen LogP contribution in [0.1, 0.15) is 19.4 Å². The summed E-state index contributed by atoms with van der Waals surface area (Å²) in [6, 6.07) is 13.6. The average molecular weight is 383 g/mol. The summed E-state index contributed by atoms with van der Waals surface area (Å²) >= 11 is 5.25. The van der Waals surface area contributed by atoms with E-state index in [9.17, 15) is 10.1 Å². The molecule has 0 radical (unpaired) electrons. The van der Waals surface area contributed by atoms with Crippen LogP contribution in [-0.4, -0.2) is 32.1 Å². The van der Waals surface area contributed by atoms with Gasteiger partial charge in [0.15, 0.2) is 5.82 Å². The quantitative estimate of drug-likeness (QED) is 0.298. The zero-order valence-electron chi connectivity index (χ0n) is 14.7. The van der Waals surface area contributed by atoms with Crippen LogP contribution in [0.2, 0.25) is 0 Å². The van der Waals surface area contributed by atoms with Gasteiger partial charge in [0.25, 0.3) is 5.69 Å². The van der Waals surface area contributed by atoms with Crippen molar-refractivity contribution in [1.29, 1.82) is 0 Å². The molecule has 0 atom stereocenters. The summed E-state index contributed by atoms with van der Waals surface area (Å²) in [5.41, 5.74) is 1.35. The summed E-state index contributed by atoms with van der Waals surface area (Å²) in [5, 5.41) is 22.2. The molecular formula is C18H17N5O3S. The minimum absolute atomic E-state index is 0.00602. The highest BCUT2D eigenvalue weighted by Gasteiger charge is 2.10. The van der Waals surface area contributed by atoms with E-state index in [1.54, 1.807) is 12.1 Å². The number of nitrogens with one attached hydrogen (secondary N) is 1. The van der Waals surface area contributed by atoms with Gasteiger partial charge in [-0.25, -0.2) is 5.10 Å². The molecule has 0 amide bonds. The number of hydrogen-bond acceptors (Lipinski definition) is 6. The number of hydrogen-bond donors (Lipinski definition) is 1. The number of benzene rings is 2. The molecule has 1 aromatic heterocycles. The maximum absolute atomic E-state index is 10.9. The van der Waals surface area contributed by atoms with Gasteiger partial charge in [-0.2, -0.15) is 14.9 Å². The second-order valence-electron chi connectivity index (χ2n) is 5.96. The molecule has 0 saturated heterocycles. The van der Waals surface area contributed by atoms with Gasteiger partial charge >= 0.3 is 0 Å².